The van der Waals surface area contributed by atoms with Gasteiger partial charge >= 0.3 is 0 Å². The Morgan fingerprint density at radius 2 is 1.86 bits per heavy atom. The molecule has 2 aliphatic rings. The molecule has 3 heteroatoms. The van der Waals surface area contributed by atoms with Crippen LogP contribution in [0.5, 0.6) is 0 Å². The van der Waals surface area contributed by atoms with Crippen molar-refractivity contribution in [2.45, 2.75) is 38.3 Å². The first-order valence-corrected chi connectivity index (χ1v) is 5.74. The molecule has 1 aliphatic carbocycles. The molecule has 14 heavy (non-hydrogen) atoms. The average Bonchev–Trinajstić information content (AvgIpc) is 2.40. The van der Waals surface area contributed by atoms with Crippen LogP contribution in [0.3, 0.4) is 0 Å². The number of hydrogen-bond donors (Lipinski definition) is 2. The number of likely N-dealkylation sites (tertiary alicyclic amines) is 1. The van der Waals surface area contributed by atoms with Crippen molar-refractivity contribution in [2.24, 2.45) is 17.6 Å². The lowest BCUT2D eigenvalue weighted by atomic mass is 9.80. The molecule has 1 saturated carbocycles. The maximum Gasteiger partial charge on any atom is 0.0849 e. The lowest BCUT2D eigenvalue weighted by Gasteiger charge is -2.45. The second kappa shape index (κ2) is 3.47. The number of aliphatic hydroxyl groups is 1. The molecule has 3 N–H and O–H groups in total. The van der Waals surface area contributed by atoms with Gasteiger partial charge in [0.05, 0.1) is 5.60 Å². The number of rotatable bonds is 2. The van der Waals surface area contributed by atoms with Crippen LogP contribution in [0.15, 0.2) is 0 Å². The van der Waals surface area contributed by atoms with Crippen molar-refractivity contribution in [1.82, 2.24) is 4.90 Å². The van der Waals surface area contributed by atoms with Crippen molar-refractivity contribution >= 4 is 0 Å². The van der Waals surface area contributed by atoms with Crippen LogP contribution in [0.2, 0.25) is 0 Å². The Morgan fingerprint density at radius 3 is 2.21 bits per heavy atom. The van der Waals surface area contributed by atoms with Gasteiger partial charge in [0, 0.05) is 37.5 Å². The van der Waals surface area contributed by atoms with Crippen molar-refractivity contribution in [1.29, 1.82) is 0 Å². The van der Waals surface area contributed by atoms with E-state index in [1.165, 1.54) is 0 Å². The van der Waals surface area contributed by atoms with Gasteiger partial charge in [-0.15, -0.1) is 0 Å². The molecule has 2 rings (SSSR count). The number of hydrogen-bond acceptors (Lipinski definition) is 3. The molecular weight excluding hydrogens is 176 g/mol. The van der Waals surface area contributed by atoms with Crippen LogP contribution in [-0.4, -0.2) is 41.3 Å². The highest BCUT2D eigenvalue weighted by atomic mass is 16.3. The molecule has 0 amide bonds. The summed E-state index contributed by atoms with van der Waals surface area (Å²) in [5.41, 5.74) is 5.16. The zero-order valence-corrected chi connectivity index (χ0v) is 9.24. The van der Waals surface area contributed by atoms with Crippen molar-refractivity contribution in [3.05, 3.63) is 0 Å². The summed E-state index contributed by atoms with van der Waals surface area (Å²) < 4.78 is 0. The van der Waals surface area contributed by atoms with Gasteiger partial charge in [-0.1, -0.05) is 0 Å². The summed E-state index contributed by atoms with van der Waals surface area (Å²) in [6.45, 7) is 6.95. The monoisotopic (exact) mass is 198 g/mol. The van der Waals surface area contributed by atoms with Crippen molar-refractivity contribution in [3.63, 3.8) is 0 Å². The molecule has 2 unspecified atom stereocenters. The first-order chi connectivity index (χ1) is 6.58. The fraction of sp³-hybridized carbons (Fsp3) is 1.00. The Hall–Kier alpha value is -0.120. The summed E-state index contributed by atoms with van der Waals surface area (Å²) in [4.78, 5) is 2.48. The van der Waals surface area contributed by atoms with Crippen LogP contribution in [0.1, 0.15) is 26.7 Å². The fourth-order valence-corrected chi connectivity index (χ4v) is 3.13. The van der Waals surface area contributed by atoms with E-state index in [-0.39, 0.29) is 0 Å². The van der Waals surface area contributed by atoms with Crippen molar-refractivity contribution < 1.29 is 5.11 Å². The Labute approximate surface area is 86.3 Å². The van der Waals surface area contributed by atoms with Gasteiger partial charge in [0.15, 0.2) is 0 Å². The Kier molecular flexibility index (Phi) is 2.58. The van der Waals surface area contributed by atoms with Crippen molar-refractivity contribution in [3.8, 4) is 0 Å². The van der Waals surface area contributed by atoms with E-state index < -0.39 is 5.60 Å². The molecule has 0 aromatic heterocycles. The van der Waals surface area contributed by atoms with Gasteiger partial charge in [-0.25, -0.2) is 0 Å². The van der Waals surface area contributed by atoms with Gasteiger partial charge < -0.3 is 15.7 Å². The summed E-state index contributed by atoms with van der Waals surface area (Å²) >= 11 is 0. The molecule has 2 atom stereocenters. The number of nitrogens with two attached hydrogens (primary N) is 1. The van der Waals surface area contributed by atoms with Crippen LogP contribution >= 0.6 is 0 Å². The van der Waals surface area contributed by atoms with Crippen molar-refractivity contribution in [2.75, 3.05) is 19.6 Å². The van der Waals surface area contributed by atoms with E-state index in [0.29, 0.717) is 24.4 Å². The lowest BCUT2D eigenvalue weighted by molar-refractivity contribution is -0.0818. The lowest BCUT2D eigenvalue weighted by Crippen LogP contribution is -2.58. The quantitative estimate of drug-likeness (QED) is 0.676. The molecule has 0 radical (unpaired) electrons. The highest BCUT2D eigenvalue weighted by Gasteiger charge is 2.52. The van der Waals surface area contributed by atoms with Crippen LogP contribution in [0.25, 0.3) is 0 Å². The first-order valence-electron chi connectivity index (χ1n) is 5.74. The van der Waals surface area contributed by atoms with Crippen LogP contribution < -0.4 is 5.73 Å². The molecule has 2 bridgehead atoms. The highest BCUT2D eigenvalue weighted by Crippen LogP contribution is 2.44. The van der Waals surface area contributed by atoms with E-state index >= 15 is 0 Å². The average molecular weight is 198 g/mol. The minimum absolute atomic E-state index is 0.411. The third-order valence-electron chi connectivity index (χ3n) is 4.24. The van der Waals surface area contributed by atoms with E-state index in [9.17, 15) is 5.11 Å². The summed E-state index contributed by atoms with van der Waals surface area (Å²) in [6.07, 6.45) is 2.31. The first kappa shape index (κ1) is 10.4. The zero-order chi connectivity index (χ0) is 10.3. The maximum atomic E-state index is 10.4. The summed E-state index contributed by atoms with van der Waals surface area (Å²) in [6, 6.07) is 0.598. The topological polar surface area (TPSA) is 49.5 Å². The predicted molar refractivity (Wildman–Crippen MR) is 56.9 cm³/mol. The smallest absolute Gasteiger partial charge is 0.0849 e. The highest BCUT2D eigenvalue weighted by molar-refractivity contribution is 5.05. The Bertz CT molecular complexity index is 203. The normalized spacial score (nSPS) is 43.5. The SMILES string of the molecule is CC(C)N1CC2CCC(C1)C2(O)CN. The molecular formula is C11H22N2O. The van der Waals surface area contributed by atoms with E-state index in [4.69, 9.17) is 5.73 Å². The molecule has 1 aliphatic heterocycles. The van der Waals surface area contributed by atoms with E-state index in [1.807, 2.05) is 0 Å². The second-order valence-electron chi connectivity index (χ2n) is 5.21. The standard InChI is InChI=1S/C11H22N2O/c1-8(2)13-5-9-3-4-10(6-13)11(9,14)7-12/h8-10,14H,3-7,12H2,1-2H3. The van der Waals surface area contributed by atoms with Gasteiger partial charge in [0.2, 0.25) is 0 Å². The number of nitrogens with zero attached hydrogens (tertiary/aromatic N) is 1. The van der Waals surface area contributed by atoms with Gasteiger partial charge in [0.1, 0.15) is 0 Å². The van der Waals surface area contributed by atoms with Gasteiger partial charge in [-0.05, 0) is 26.7 Å². The third-order valence-corrected chi connectivity index (χ3v) is 4.24. The molecule has 0 aromatic carbocycles. The van der Waals surface area contributed by atoms with Gasteiger partial charge in [0.25, 0.3) is 0 Å². The van der Waals surface area contributed by atoms with Gasteiger partial charge in [-0.3, -0.25) is 0 Å². The molecule has 82 valence electrons. The largest absolute Gasteiger partial charge is 0.388 e. The Balaban J connectivity index is 2.12. The van der Waals surface area contributed by atoms with Gasteiger partial charge in [-0.2, -0.15) is 0 Å². The Morgan fingerprint density at radius 1 is 1.36 bits per heavy atom. The second-order valence-corrected chi connectivity index (χ2v) is 5.21. The molecule has 0 spiro atoms. The zero-order valence-electron chi connectivity index (χ0n) is 9.24. The fourth-order valence-electron chi connectivity index (χ4n) is 3.13. The van der Waals surface area contributed by atoms with E-state index in [0.717, 1.165) is 25.9 Å². The van der Waals surface area contributed by atoms with Crippen LogP contribution in [-0.2, 0) is 0 Å². The summed E-state index contributed by atoms with van der Waals surface area (Å²) in [5, 5.41) is 10.4. The maximum absolute atomic E-state index is 10.4. The molecule has 3 nitrogen and oxygen atoms in total. The minimum Gasteiger partial charge on any atom is -0.388 e. The number of piperidine rings is 1. The van der Waals surface area contributed by atoms with E-state index in [2.05, 4.69) is 18.7 Å². The molecule has 1 saturated heterocycles. The third kappa shape index (κ3) is 1.38. The predicted octanol–water partition coefficient (Wildman–Crippen LogP) is 0.426. The summed E-state index contributed by atoms with van der Waals surface area (Å²) in [7, 11) is 0. The molecule has 0 aromatic rings. The minimum atomic E-state index is -0.550. The summed E-state index contributed by atoms with van der Waals surface area (Å²) in [5.74, 6) is 0.822. The molecule has 2 fully saturated rings. The number of fused-ring (bicyclic) bond motifs is 2. The molecule has 1 heterocycles. The van der Waals surface area contributed by atoms with Crippen LogP contribution in [0, 0.1) is 11.8 Å². The van der Waals surface area contributed by atoms with Crippen LogP contribution in [0.4, 0.5) is 0 Å². The van der Waals surface area contributed by atoms with E-state index in [1.54, 1.807) is 0 Å².